The Morgan fingerprint density at radius 3 is 2.63 bits per heavy atom. The van der Waals surface area contributed by atoms with Crippen molar-refractivity contribution >= 4 is 11.9 Å². The molecule has 0 aliphatic carbocycles. The van der Waals surface area contributed by atoms with Crippen molar-refractivity contribution in [1.29, 1.82) is 0 Å². The topological polar surface area (TPSA) is 110 Å². The highest BCUT2D eigenvalue weighted by Gasteiger charge is 2.46. The average Bonchev–Trinajstić information content (AvgIpc) is 2.88. The molecule has 1 heterocycles. The summed E-state index contributed by atoms with van der Waals surface area (Å²) in [4.78, 5) is 23.7. The lowest BCUT2D eigenvalue weighted by Crippen LogP contribution is -2.53. The second-order valence-electron chi connectivity index (χ2n) is 4.15. The molecule has 1 atom stereocenters. The first kappa shape index (κ1) is 15.1. The number of ether oxygens (including phenoxy) is 1. The number of H-pyrrole nitrogens is 1. The molecular weight excluding hydrogens is 250 g/mol. The maximum Gasteiger partial charge on any atom is 0.340 e. The van der Waals surface area contributed by atoms with E-state index in [9.17, 15) is 9.59 Å². The third-order valence-electron chi connectivity index (χ3n) is 2.65. The predicted octanol–water partition coefficient (Wildman–Crippen LogP) is 0.284. The van der Waals surface area contributed by atoms with Gasteiger partial charge in [-0.15, -0.1) is 10.2 Å². The zero-order valence-corrected chi connectivity index (χ0v) is 11.4. The van der Waals surface area contributed by atoms with Crippen LogP contribution in [0, 0.1) is 0 Å². The Morgan fingerprint density at radius 2 is 2.16 bits per heavy atom. The van der Waals surface area contributed by atoms with Gasteiger partial charge in [0.15, 0.2) is 0 Å². The van der Waals surface area contributed by atoms with Gasteiger partial charge >= 0.3 is 5.97 Å². The van der Waals surface area contributed by atoms with Crippen LogP contribution in [0.5, 0.6) is 0 Å². The number of carbonyl (C=O) groups excluding carboxylic acids is 2. The molecule has 0 fully saturated rings. The van der Waals surface area contributed by atoms with Crippen molar-refractivity contribution in [3.63, 3.8) is 0 Å². The summed E-state index contributed by atoms with van der Waals surface area (Å²) >= 11 is 0. The summed E-state index contributed by atoms with van der Waals surface area (Å²) in [5.41, 5.74) is -1.37. The molecule has 0 saturated heterocycles. The summed E-state index contributed by atoms with van der Waals surface area (Å²) in [6.07, 6.45) is 1.94. The molecule has 0 spiro atoms. The predicted molar refractivity (Wildman–Crippen MR) is 65.8 cm³/mol. The Kier molecular flexibility index (Phi) is 5.40. The Morgan fingerprint density at radius 1 is 1.42 bits per heavy atom. The maximum absolute atomic E-state index is 12.2. The van der Waals surface area contributed by atoms with Crippen LogP contribution >= 0.6 is 0 Å². The Bertz CT molecular complexity index is 420. The second-order valence-corrected chi connectivity index (χ2v) is 4.15. The smallest absolute Gasteiger partial charge is 0.340 e. The number of amides is 1. The molecule has 1 aromatic rings. The molecule has 0 radical (unpaired) electrons. The van der Waals surface area contributed by atoms with Gasteiger partial charge in [-0.1, -0.05) is 25.0 Å². The quantitative estimate of drug-likeness (QED) is 0.688. The second kappa shape index (κ2) is 6.81. The minimum absolute atomic E-state index is 0.120. The molecule has 8 nitrogen and oxygen atoms in total. The molecule has 0 aliphatic rings. The van der Waals surface area contributed by atoms with Crippen molar-refractivity contribution in [3.8, 4) is 0 Å². The van der Waals surface area contributed by atoms with E-state index in [1.54, 1.807) is 6.92 Å². The van der Waals surface area contributed by atoms with E-state index >= 15 is 0 Å². The van der Waals surface area contributed by atoms with Gasteiger partial charge in [-0.3, -0.25) is 4.79 Å². The van der Waals surface area contributed by atoms with E-state index in [0.717, 1.165) is 6.42 Å². The van der Waals surface area contributed by atoms with Crippen LogP contribution in [0.3, 0.4) is 0 Å². The molecule has 106 valence electrons. The number of nitrogens with one attached hydrogen (secondary N) is 2. The van der Waals surface area contributed by atoms with Gasteiger partial charge in [-0.05, 0) is 13.3 Å². The number of esters is 1. The average molecular weight is 269 g/mol. The van der Waals surface area contributed by atoms with Crippen LogP contribution in [0.4, 0.5) is 0 Å². The molecule has 2 N–H and O–H groups in total. The van der Waals surface area contributed by atoms with Crippen LogP contribution in [0.25, 0.3) is 0 Å². The fourth-order valence-electron chi connectivity index (χ4n) is 1.81. The van der Waals surface area contributed by atoms with Gasteiger partial charge in [0.1, 0.15) is 0 Å². The molecule has 1 rings (SSSR count). The van der Waals surface area contributed by atoms with E-state index in [-0.39, 0.29) is 18.3 Å². The molecule has 8 heteroatoms. The number of aromatic nitrogens is 4. The molecule has 19 heavy (non-hydrogen) atoms. The molecule has 1 aromatic heterocycles. The third-order valence-corrected chi connectivity index (χ3v) is 2.65. The molecule has 0 aliphatic heterocycles. The zero-order chi connectivity index (χ0) is 14.3. The van der Waals surface area contributed by atoms with E-state index in [1.165, 1.54) is 6.92 Å². The number of tetrazole rings is 1. The lowest BCUT2D eigenvalue weighted by atomic mass is 9.91. The van der Waals surface area contributed by atoms with Crippen LogP contribution in [0.2, 0.25) is 0 Å². The molecule has 0 aromatic carbocycles. The summed E-state index contributed by atoms with van der Waals surface area (Å²) in [6.45, 7) is 5.23. The van der Waals surface area contributed by atoms with E-state index in [0.29, 0.717) is 12.8 Å². The summed E-state index contributed by atoms with van der Waals surface area (Å²) < 4.78 is 5.05. The van der Waals surface area contributed by atoms with Gasteiger partial charge in [0, 0.05) is 6.92 Å². The summed E-state index contributed by atoms with van der Waals surface area (Å²) in [6, 6.07) is 0. The number of nitrogens with zero attached hydrogens (tertiary/aromatic N) is 3. The van der Waals surface area contributed by atoms with Crippen molar-refractivity contribution in [2.24, 2.45) is 0 Å². The van der Waals surface area contributed by atoms with Crippen molar-refractivity contribution in [2.75, 3.05) is 6.61 Å². The van der Waals surface area contributed by atoms with Crippen molar-refractivity contribution in [3.05, 3.63) is 5.82 Å². The lowest BCUT2D eigenvalue weighted by Gasteiger charge is -2.28. The Hall–Kier alpha value is -1.99. The van der Waals surface area contributed by atoms with Crippen LogP contribution in [-0.4, -0.2) is 39.1 Å². The van der Waals surface area contributed by atoms with Crippen molar-refractivity contribution < 1.29 is 14.3 Å². The molecule has 0 saturated carbocycles. The first-order valence-electron chi connectivity index (χ1n) is 6.26. The van der Waals surface area contributed by atoms with Crippen LogP contribution < -0.4 is 5.32 Å². The van der Waals surface area contributed by atoms with Crippen molar-refractivity contribution in [1.82, 2.24) is 25.9 Å². The Balaban J connectivity index is 3.15. The molecule has 1 unspecified atom stereocenters. The highest BCUT2D eigenvalue weighted by atomic mass is 16.5. The van der Waals surface area contributed by atoms with E-state index in [1.807, 2.05) is 6.92 Å². The molecule has 0 bridgehead atoms. The monoisotopic (exact) mass is 269 g/mol. The number of hydrogen-bond acceptors (Lipinski definition) is 6. The van der Waals surface area contributed by atoms with Gasteiger partial charge in [0.05, 0.1) is 6.61 Å². The minimum Gasteiger partial charge on any atom is -0.464 e. The highest BCUT2D eigenvalue weighted by molar-refractivity contribution is 5.87. The first-order chi connectivity index (χ1) is 9.06. The van der Waals surface area contributed by atoms with Crippen molar-refractivity contribution in [2.45, 2.75) is 45.6 Å². The van der Waals surface area contributed by atoms with Gasteiger partial charge < -0.3 is 10.1 Å². The normalized spacial score (nSPS) is 13.6. The largest absolute Gasteiger partial charge is 0.464 e. The fraction of sp³-hybridized carbons (Fsp3) is 0.727. The number of carbonyl (C=O) groups is 2. The lowest BCUT2D eigenvalue weighted by molar-refractivity contribution is -0.154. The van der Waals surface area contributed by atoms with Crippen LogP contribution in [0.1, 0.15) is 45.9 Å². The number of aromatic amines is 1. The van der Waals surface area contributed by atoms with Gasteiger partial charge in [0.25, 0.3) is 0 Å². The fourth-order valence-corrected chi connectivity index (χ4v) is 1.81. The van der Waals surface area contributed by atoms with Crippen LogP contribution in [-0.2, 0) is 19.9 Å². The molecule has 1 amide bonds. The SMILES string of the molecule is CCCCC(NC(C)=O)(C(=O)OCC)c1nn[nH]n1. The number of rotatable bonds is 7. The Labute approximate surface area is 111 Å². The van der Waals surface area contributed by atoms with E-state index < -0.39 is 11.5 Å². The number of hydrogen-bond donors (Lipinski definition) is 2. The summed E-state index contributed by atoms with van der Waals surface area (Å²) in [5.74, 6) is -0.802. The maximum atomic E-state index is 12.2. The molecular formula is C11H19N5O3. The summed E-state index contributed by atoms with van der Waals surface area (Å²) in [5, 5.41) is 16.0. The minimum atomic E-state index is -1.37. The summed E-state index contributed by atoms with van der Waals surface area (Å²) in [7, 11) is 0. The van der Waals surface area contributed by atoms with E-state index in [2.05, 4.69) is 25.9 Å². The highest BCUT2D eigenvalue weighted by Crippen LogP contribution is 2.26. The first-order valence-corrected chi connectivity index (χ1v) is 6.26. The zero-order valence-electron chi connectivity index (χ0n) is 11.4. The standard InChI is InChI=1S/C11H19N5O3/c1-4-6-7-11(12-8(3)17,10(18)19-5-2)9-13-15-16-14-9/h4-7H2,1-3H3,(H,12,17)(H,13,14,15,16). The third kappa shape index (κ3) is 3.49. The van der Waals surface area contributed by atoms with Gasteiger partial charge in [-0.2, -0.15) is 5.21 Å². The van der Waals surface area contributed by atoms with Gasteiger partial charge in [0.2, 0.25) is 17.3 Å². The van der Waals surface area contributed by atoms with E-state index in [4.69, 9.17) is 4.74 Å². The van der Waals surface area contributed by atoms with Gasteiger partial charge in [-0.25, -0.2) is 4.79 Å². The number of unbranched alkanes of at least 4 members (excludes halogenated alkanes) is 1. The van der Waals surface area contributed by atoms with Crippen LogP contribution in [0.15, 0.2) is 0 Å².